The maximum absolute atomic E-state index is 13.6. The van der Waals surface area contributed by atoms with Gasteiger partial charge in [0, 0.05) is 18.0 Å². The van der Waals surface area contributed by atoms with Crippen molar-refractivity contribution < 1.29 is 62.2 Å². The number of carbonyl (C=O) groups is 5. The van der Waals surface area contributed by atoms with Crippen LogP contribution in [0.3, 0.4) is 0 Å². The number of benzene rings is 1. The van der Waals surface area contributed by atoms with E-state index in [1.54, 1.807) is 74.5 Å². The maximum Gasteiger partial charge on any atom is 0.514 e. The van der Waals surface area contributed by atoms with Crippen molar-refractivity contribution in [3.63, 3.8) is 0 Å². The first-order valence-electron chi connectivity index (χ1n) is 17.8. The van der Waals surface area contributed by atoms with E-state index in [2.05, 4.69) is 10.2 Å². The summed E-state index contributed by atoms with van der Waals surface area (Å²) in [6.45, 7) is 16.9. The van der Waals surface area contributed by atoms with Crippen molar-refractivity contribution in [1.82, 2.24) is 10.2 Å². The standard InChI is InChI=1S/C38H52N2O13/c1-20(47-31(43)22(19-26(41)51-34(2,3)4)39-32(44)52-35(5,6)7)30(42)48-24-14-15-38(46)25-18-21-12-13-23(49-33(45)53-36(8,9)10)28-27(21)37(38,29(24)50-28)16-17-40(25)11/h12-14,20,22,25,29,46H,15-19H2,1-11H3,(H,39,44)/t20-,22-,25+,29-,37-,38+/m0/s1. The number of amides is 1. The Hall–Kier alpha value is -4.37. The van der Waals surface area contributed by atoms with Gasteiger partial charge in [-0.1, -0.05) is 6.07 Å². The molecule has 0 aromatic heterocycles. The number of nitrogens with zero attached hydrogens (tertiary/aromatic N) is 1. The summed E-state index contributed by atoms with van der Waals surface area (Å²) < 4.78 is 39.5. The van der Waals surface area contributed by atoms with Crippen molar-refractivity contribution in [2.45, 2.75) is 147 Å². The van der Waals surface area contributed by atoms with Crippen LogP contribution < -0.4 is 14.8 Å². The number of esters is 3. The number of hydrogen-bond donors (Lipinski definition) is 2. The van der Waals surface area contributed by atoms with Gasteiger partial charge in [0.2, 0.25) is 0 Å². The van der Waals surface area contributed by atoms with Crippen molar-refractivity contribution in [2.75, 3.05) is 13.6 Å². The molecule has 53 heavy (non-hydrogen) atoms. The average molecular weight is 745 g/mol. The quantitative estimate of drug-likeness (QED) is 0.217. The van der Waals surface area contributed by atoms with Gasteiger partial charge in [-0.05, 0) is 113 Å². The normalized spacial score (nSPS) is 25.7. The molecule has 1 aromatic rings. The minimum Gasteiger partial charge on any atom is -0.477 e. The highest BCUT2D eigenvalue weighted by Crippen LogP contribution is 2.65. The Morgan fingerprint density at radius 3 is 2.21 bits per heavy atom. The Morgan fingerprint density at radius 2 is 1.58 bits per heavy atom. The van der Waals surface area contributed by atoms with Gasteiger partial charge in [0.1, 0.15) is 28.6 Å². The summed E-state index contributed by atoms with van der Waals surface area (Å²) in [4.78, 5) is 67.1. The van der Waals surface area contributed by atoms with E-state index < -0.39 is 82.6 Å². The predicted octanol–water partition coefficient (Wildman–Crippen LogP) is 4.38. The first-order valence-corrected chi connectivity index (χ1v) is 17.8. The predicted molar refractivity (Wildman–Crippen MR) is 187 cm³/mol. The molecule has 2 aliphatic carbocycles. The van der Waals surface area contributed by atoms with Crippen LogP contribution in [0.1, 0.15) is 99.6 Å². The molecule has 2 N–H and O–H groups in total. The van der Waals surface area contributed by atoms with E-state index in [1.165, 1.54) is 6.92 Å². The molecule has 0 unspecified atom stereocenters. The minimum absolute atomic E-state index is 0.0929. The lowest BCUT2D eigenvalue weighted by atomic mass is 9.50. The van der Waals surface area contributed by atoms with Crippen molar-refractivity contribution in [1.29, 1.82) is 0 Å². The third-order valence-electron chi connectivity index (χ3n) is 9.53. The van der Waals surface area contributed by atoms with E-state index in [1.807, 2.05) is 13.1 Å². The molecular weight excluding hydrogens is 692 g/mol. The summed E-state index contributed by atoms with van der Waals surface area (Å²) >= 11 is 0. The van der Waals surface area contributed by atoms with Crippen LogP contribution in [-0.2, 0) is 49.9 Å². The third-order valence-corrected chi connectivity index (χ3v) is 9.53. The highest BCUT2D eigenvalue weighted by atomic mass is 16.7. The van der Waals surface area contributed by atoms with Gasteiger partial charge in [0.25, 0.3) is 0 Å². The molecule has 2 heterocycles. The lowest BCUT2D eigenvalue weighted by molar-refractivity contribution is -0.176. The van der Waals surface area contributed by atoms with Crippen LogP contribution in [0, 0.1) is 0 Å². The summed E-state index contributed by atoms with van der Waals surface area (Å²) in [5.74, 6) is -2.41. The van der Waals surface area contributed by atoms with Crippen LogP contribution in [0.5, 0.6) is 11.5 Å². The first kappa shape index (κ1) is 39.8. The third kappa shape index (κ3) is 8.10. The maximum atomic E-state index is 13.6. The second-order valence-corrected chi connectivity index (χ2v) is 17.1. The molecule has 5 rings (SSSR count). The van der Waals surface area contributed by atoms with Crippen LogP contribution in [0.2, 0.25) is 0 Å². The number of piperidine rings is 1. The number of aliphatic hydroxyl groups is 1. The van der Waals surface area contributed by atoms with Gasteiger partial charge in [-0.15, -0.1) is 0 Å². The van der Waals surface area contributed by atoms with E-state index in [0.717, 1.165) is 5.56 Å². The molecule has 1 fully saturated rings. The van der Waals surface area contributed by atoms with Crippen molar-refractivity contribution >= 4 is 30.2 Å². The molecule has 4 aliphatic rings. The van der Waals surface area contributed by atoms with Crippen LogP contribution in [0.25, 0.3) is 0 Å². The fourth-order valence-corrected chi connectivity index (χ4v) is 7.56. The zero-order valence-corrected chi connectivity index (χ0v) is 32.4. The highest BCUT2D eigenvalue weighted by Gasteiger charge is 2.72. The fraction of sp³-hybridized carbons (Fsp3) is 0.658. The summed E-state index contributed by atoms with van der Waals surface area (Å²) in [6, 6.07) is 1.64. The SMILES string of the molecule is C[C@H](OC(=O)[C@H](CC(=O)OC(C)(C)C)NC(=O)OC(C)(C)C)C(=O)OC1=CC[C@@]2(O)[C@H]3Cc4ccc(OC(=O)OC(C)(C)C)c5c4[C@@]2(CCN3C)[C@H]1O5. The number of rotatable bonds is 8. The lowest BCUT2D eigenvalue weighted by Crippen LogP contribution is -2.74. The van der Waals surface area contributed by atoms with E-state index >= 15 is 0 Å². The molecule has 1 saturated heterocycles. The van der Waals surface area contributed by atoms with Crippen LogP contribution in [0.4, 0.5) is 9.59 Å². The fourth-order valence-electron chi connectivity index (χ4n) is 7.56. The second kappa shape index (κ2) is 13.8. The largest absolute Gasteiger partial charge is 0.514 e. The molecule has 2 bridgehead atoms. The van der Waals surface area contributed by atoms with E-state index in [4.69, 9.17) is 33.2 Å². The number of ether oxygens (including phenoxy) is 7. The Labute approximate surface area is 309 Å². The van der Waals surface area contributed by atoms with Crippen molar-refractivity contribution in [3.05, 3.63) is 35.1 Å². The molecule has 292 valence electrons. The number of carbonyl (C=O) groups excluding carboxylic acids is 5. The Balaban J connectivity index is 1.38. The first-order chi connectivity index (χ1) is 24.3. The van der Waals surface area contributed by atoms with Gasteiger partial charge in [0.15, 0.2) is 23.7 Å². The van der Waals surface area contributed by atoms with Crippen LogP contribution in [-0.4, -0.2) is 100 Å². The molecule has 1 aromatic carbocycles. The average Bonchev–Trinajstić information content (AvgIpc) is 3.34. The summed E-state index contributed by atoms with van der Waals surface area (Å²) in [5, 5.41) is 14.9. The van der Waals surface area contributed by atoms with Gasteiger partial charge in [-0.25, -0.2) is 19.2 Å². The number of nitrogens with one attached hydrogen (secondary N) is 1. The van der Waals surface area contributed by atoms with Crippen molar-refractivity contribution in [2.24, 2.45) is 0 Å². The molecule has 2 aliphatic heterocycles. The van der Waals surface area contributed by atoms with Crippen LogP contribution >= 0.6 is 0 Å². The molecule has 0 radical (unpaired) electrons. The molecule has 15 heteroatoms. The van der Waals surface area contributed by atoms with Gasteiger partial charge >= 0.3 is 30.2 Å². The van der Waals surface area contributed by atoms with Gasteiger partial charge in [-0.2, -0.15) is 0 Å². The van der Waals surface area contributed by atoms with Gasteiger partial charge < -0.3 is 48.5 Å². The Bertz CT molecular complexity index is 1670. The minimum atomic E-state index is -1.55. The molecular formula is C38H52N2O13. The lowest BCUT2D eigenvalue weighted by Gasteiger charge is -2.61. The van der Waals surface area contributed by atoms with E-state index in [0.29, 0.717) is 24.9 Å². The topological polar surface area (TPSA) is 185 Å². The van der Waals surface area contributed by atoms with E-state index in [-0.39, 0.29) is 29.7 Å². The highest BCUT2D eigenvalue weighted by molar-refractivity contribution is 5.88. The molecule has 6 atom stereocenters. The Morgan fingerprint density at radius 1 is 0.943 bits per heavy atom. The molecule has 15 nitrogen and oxygen atoms in total. The van der Waals surface area contributed by atoms with Gasteiger partial charge in [0.05, 0.1) is 17.4 Å². The number of hydrogen-bond acceptors (Lipinski definition) is 14. The second-order valence-electron chi connectivity index (χ2n) is 17.1. The van der Waals surface area contributed by atoms with Gasteiger partial charge in [-0.3, -0.25) is 4.79 Å². The summed E-state index contributed by atoms with van der Waals surface area (Å²) in [7, 11) is 1.95. The zero-order chi connectivity index (χ0) is 39.5. The summed E-state index contributed by atoms with van der Waals surface area (Å²) in [6.07, 6.45) is -2.36. The van der Waals surface area contributed by atoms with Crippen molar-refractivity contribution in [3.8, 4) is 11.5 Å². The number of likely N-dealkylation sites (tertiary alicyclic amines) is 1. The molecule has 0 saturated carbocycles. The summed E-state index contributed by atoms with van der Waals surface area (Å²) in [5.41, 5.74) is -3.39. The molecule has 1 amide bonds. The van der Waals surface area contributed by atoms with Crippen LogP contribution in [0.15, 0.2) is 24.0 Å². The number of likely N-dealkylation sites (N-methyl/N-ethyl adjacent to an activating group) is 1. The smallest absolute Gasteiger partial charge is 0.477 e. The monoisotopic (exact) mass is 744 g/mol. The number of alkyl carbamates (subject to hydrolysis) is 1. The zero-order valence-electron chi connectivity index (χ0n) is 32.4. The Kier molecular flexibility index (Phi) is 10.4. The molecule has 1 spiro atoms. The van der Waals surface area contributed by atoms with E-state index in [9.17, 15) is 29.1 Å².